The van der Waals surface area contributed by atoms with E-state index in [-0.39, 0.29) is 17.9 Å². The maximum absolute atomic E-state index is 11.7. The molecule has 2 rings (SSSR count). The first-order chi connectivity index (χ1) is 7.72. The Kier molecular flexibility index (Phi) is 3.24. The summed E-state index contributed by atoms with van der Waals surface area (Å²) in [5, 5.41) is 4.58. The molecule has 5 heteroatoms. The molecule has 1 aliphatic rings. The molecule has 4 nitrogen and oxygen atoms in total. The van der Waals surface area contributed by atoms with E-state index in [4.69, 9.17) is 0 Å². The largest absolute Gasteiger partial charge is 0.357 e. The molecule has 0 saturated carbocycles. The van der Waals surface area contributed by atoms with Gasteiger partial charge in [0, 0.05) is 18.3 Å². The molecule has 0 aliphatic carbocycles. The second kappa shape index (κ2) is 4.65. The second-order valence-electron chi connectivity index (χ2n) is 3.77. The molecular formula is C11H14N2O2S. The minimum atomic E-state index is -0.292. The number of likely N-dealkylation sites (N-methyl/N-ethyl adjacent to an activating group) is 1. The molecule has 1 unspecified atom stereocenters. The van der Waals surface area contributed by atoms with Crippen LogP contribution >= 0.6 is 11.3 Å². The monoisotopic (exact) mass is 238 g/mol. The quantitative estimate of drug-likeness (QED) is 0.853. The SMILES string of the molecule is CNC(=O)C1CCC(=O)N1Cc1cccs1. The summed E-state index contributed by atoms with van der Waals surface area (Å²) >= 11 is 1.61. The molecule has 0 spiro atoms. The lowest BCUT2D eigenvalue weighted by Gasteiger charge is -2.22. The van der Waals surface area contributed by atoms with Gasteiger partial charge in [0.1, 0.15) is 6.04 Å². The molecule has 16 heavy (non-hydrogen) atoms. The average molecular weight is 238 g/mol. The van der Waals surface area contributed by atoms with Crippen LogP contribution in [0.15, 0.2) is 17.5 Å². The van der Waals surface area contributed by atoms with E-state index in [0.717, 1.165) is 4.88 Å². The van der Waals surface area contributed by atoms with Crippen molar-refractivity contribution >= 4 is 23.2 Å². The smallest absolute Gasteiger partial charge is 0.242 e. The highest BCUT2D eigenvalue weighted by Crippen LogP contribution is 2.23. The summed E-state index contributed by atoms with van der Waals surface area (Å²) in [6.45, 7) is 0.550. The molecule has 1 aromatic rings. The molecule has 86 valence electrons. The van der Waals surface area contributed by atoms with Crippen LogP contribution in [0.2, 0.25) is 0 Å². The third-order valence-electron chi connectivity index (χ3n) is 2.78. The third kappa shape index (κ3) is 2.09. The van der Waals surface area contributed by atoms with Crippen LogP contribution in [-0.2, 0) is 16.1 Å². The van der Waals surface area contributed by atoms with Crippen LogP contribution < -0.4 is 5.32 Å². The molecule has 0 aromatic carbocycles. The van der Waals surface area contributed by atoms with Crippen LogP contribution in [0.3, 0.4) is 0 Å². The van der Waals surface area contributed by atoms with Crippen LogP contribution in [0.4, 0.5) is 0 Å². The van der Waals surface area contributed by atoms with Crippen LogP contribution in [0.25, 0.3) is 0 Å². The Morgan fingerprint density at radius 3 is 3.12 bits per heavy atom. The molecule has 2 heterocycles. The number of amides is 2. The number of hydrogen-bond donors (Lipinski definition) is 1. The Balaban J connectivity index is 2.10. The summed E-state index contributed by atoms with van der Waals surface area (Å²) in [6.07, 6.45) is 1.10. The topological polar surface area (TPSA) is 49.4 Å². The minimum absolute atomic E-state index is 0.0672. The van der Waals surface area contributed by atoms with Crippen molar-refractivity contribution in [1.82, 2.24) is 10.2 Å². The van der Waals surface area contributed by atoms with Gasteiger partial charge < -0.3 is 10.2 Å². The molecule has 0 bridgehead atoms. The highest BCUT2D eigenvalue weighted by atomic mass is 32.1. The number of likely N-dealkylation sites (tertiary alicyclic amines) is 1. The van der Waals surface area contributed by atoms with Crippen LogP contribution in [-0.4, -0.2) is 29.8 Å². The second-order valence-corrected chi connectivity index (χ2v) is 4.80. The van der Waals surface area contributed by atoms with Gasteiger partial charge in [-0.2, -0.15) is 0 Å². The summed E-state index contributed by atoms with van der Waals surface area (Å²) in [7, 11) is 1.61. The van der Waals surface area contributed by atoms with Crippen LogP contribution in [0.1, 0.15) is 17.7 Å². The van der Waals surface area contributed by atoms with Gasteiger partial charge in [0.15, 0.2) is 0 Å². The fourth-order valence-electron chi connectivity index (χ4n) is 1.94. The third-order valence-corrected chi connectivity index (χ3v) is 3.64. The van der Waals surface area contributed by atoms with Gasteiger partial charge in [0.2, 0.25) is 11.8 Å². The van der Waals surface area contributed by atoms with Crippen LogP contribution in [0.5, 0.6) is 0 Å². The van der Waals surface area contributed by atoms with Gasteiger partial charge in [0.25, 0.3) is 0 Å². The number of thiophene rings is 1. The number of rotatable bonds is 3. The van der Waals surface area contributed by atoms with E-state index in [2.05, 4.69) is 5.32 Å². The first kappa shape index (κ1) is 11.1. The highest BCUT2D eigenvalue weighted by Gasteiger charge is 2.35. The van der Waals surface area contributed by atoms with Gasteiger partial charge in [-0.3, -0.25) is 9.59 Å². The normalized spacial score (nSPS) is 20.2. The van der Waals surface area contributed by atoms with E-state index in [1.165, 1.54) is 0 Å². The van der Waals surface area contributed by atoms with Gasteiger partial charge in [-0.15, -0.1) is 11.3 Å². The molecule has 1 aliphatic heterocycles. The maximum Gasteiger partial charge on any atom is 0.242 e. The number of nitrogens with one attached hydrogen (secondary N) is 1. The van der Waals surface area contributed by atoms with Gasteiger partial charge in [-0.1, -0.05) is 6.07 Å². The van der Waals surface area contributed by atoms with Crippen molar-refractivity contribution in [2.75, 3.05) is 7.05 Å². The molecular weight excluding hydrogens is 224 g/mol. The Morgan fingerprint density at radius 2 is 2.50 bits per heavy atom. The van der Waals surface area contributed by atoms with E-state index >= 15 is 0 Å². The summed E-state index contributed by atoms with van der Waals surface area (Å²) in [5.74, 6) is 0.00408. The predicted molar refractivity (Wildman–Crippen MR) is 62.0 cm³/mol. The Hall–Kier alpha value is -1.36. The molecule has 1 fully saturated rings. The number of hydrogen-bond acceptors (Lipinski definition) is 3. The lowest BCUT2D eigenvalue weighted by Crippen LogP contribution is -2.42. The number of carbonyl (C=O) groups is 2. The predicted octanol–water partition coefficient (Wildman–Crippen LogP) is 0.985. The summed E-state index contributed by atoms with van der Waals surface area (Å²) in [6, 6.07) is 3.65. The Labute approximate surface area is 98.3 Å². The van der Waals surface area contributed by atoms with Crippen molar-refractivity contribution in [3.05, 3.63) is 22.4 Å². The Bertz CT molecular complexity index is 389. The van der Waals surface area contributed by atoms with Crippen molar-refractivity contribution in [2.45, 2.75) is 25.4 Å². The molecule has 2 amide bonds. The first-order valence-corrected chi connectivity index (χ1v) is 6.14. The van der Waals surface area contributed by atoms with Crippen molar-refractivity contribution in [3.63, 3.8) is 0 Å². The van der Waals surface area contributed by atoms with E-state index in [0.29, 0.717) is 19.4 Å². The summed E-state index contributed by atoms with van der Waals surface area (Å²) < 4.78 is 0. The first-order valence-electron chi connectivity index (χ1n) is 5.26. The van der Waals surface area contributed by atoms with Crippen molar-refractivity contribution in [3.8, 4) is 0 Å². The van der Waals surface area contributed by atoms with E-state index in [1.807, 2.05) is 17.5 Å². The highest BCUT2D eigenvalue weighted by molar-refractivity contribution is 7.09. The summed E-state index contributed by atoms with van der Waals surface area (Å²) in [5.41, 5.74) is 0. The van der Waals surface area contributed by atoms with Crippen LogP contribution in [0, 0.1) is 0 Å². The fourth-order valence-corrected chi connectivity index (χ4v) is 2.64. The van der Waals surface area contributed by atoms with E-state index < -0.39 is 0 Å². The molecule has 1 atom stereocenters. The Morgan fingerprint density at radius 1 is 1.69 bits per heavy atom. The van der Waals surface area contributed by atoms with Gasteiger partial charge in [-0.05, 0) is 17.9 Å². The maximum atomic E-state index is 11.7. The fraction of sp³-hybridized carbons (Fsp3) is 0.455. The number of nitrogens with zero attached hydrogens (tertiary/aromatic N) is 1. The van der Waals surface area contributed by atoms with Crippen molar-refractivity contribution < 1.29 is 9.59 Å². The zero-order valence-electron chi connectivity index (χ0n) is 9.10. The van der Waals surface area contributed by atoms with E-state index in [9.17, 15) is 9.59 Å². The van der Waals surface area contributed by atoms with E-state index in [1.54, 1.807) is 23.3 Å². The molecule has 0 radical (unpaired) electrons. The lowest BCUT2D eigenvalue weighted by molar-refractivity contribution is -0.135. The standard InChI is InChI=1S/C11H14N2O2S/c1-12-11(15)9-4-5-10(14)13(9)7-8-3-2-6-16-8/h2-3,6,9H,4-5,7H2,1H3,(H,12,15). The zero-order chi connectivity index (χ0) is 11.5. The van der Waals surface area contributed by atoms with Gasteiger partial charge >= 0.3 is 0 Å². The van der Waals surface area contributed by atoms with Crippen molar-refractivity contribution in [1.29, 1.82) is 0 Å². The summed E-state index contributed by atoms with van der Waals surface area (Å²) in [4.78, 5) is 26.1. The number of carbonyl (C=O) groups excluding carboxylic acids is 2. The van der Waals surface area contributed by atoms with Crippen molar-refractivity contribution in [2.24, 2.45) is 0 Å². The minimum Gasteiger partial charge on any atom is -0.357 e. The molecule has 1 aromatic heterocycles. The zero-order valence-corrected chi connectivity index (χ0v) is 9.92. The van der Waals surface area contributed by atoms with Gasteiger partial charge in [-0.25, -0.2) is 0 Å². The van der Waals surface area contributed by atoms with Gasteiger partial charge in [0.05, 0.1) is 6.54 Å². The lowest BCUT2D eigenvalue weighted by atomic mass is 10.2. The molecule has 1 saturated heterocycles. The average Bonchev–Trinajstić information content (AvgIpc) is 2.90. The molecule has 1 N–H and O–H groups in total.